The molecule has 1 atom stereocenters. The van der Waals surface area contributed by atoms with Gasteiger partial charge in [0.15, 0.2) is 0 Å². The first-order chi connectivity index (χ1) is 7.70. The van der Waals surface area contributed by atoms with Gasteiger partial charge in [0.1, 0.15) is 0 Å². The number of rotatable bonds is 2. The maximum atomic E-state index is 11.4. The molecule has 1 aromatic carbocycles. The van der Waals surface area contributed by atoms with Crippen molar-refractivity contribution in [1.29, 1.82) is 0 Å². The van der Waals surface area contributed by atoms with Crippen molar-refractivity contribution in [2.24, 2.45) is 5.10 Å². The molecule has 84 valence electrons. The van der Waals surface area contributed by atoms with Crippen LogP contribution in [0, 0.1) is 0 Å². The molecule has 0 saturated carbocycles. The van der Waals surface area contributed by atoms with Crippen LogP contribution >= 0.6 is 0 Å². The lowest BCUT2D eigenvalue weighted by Gasteiger charge is -2.03. The van der Waals surface area contributed by atoms with Crippen LogP contribution in [0.1, 0.15) is 29.3 Å². The number of ether oxygens (including phenoxy) is 1. The Morgan fingerprint density at radius 3 is 3.00 bits per heavy atom. The van der Waals surface area contributed by atoms with Crippen LogP contribution in [0.25, 0.3) is 0 Å². The van der Waals surface area contributed by atoms with E-state index in [1.165, 1.54) is 7.11 Å². The van der Waals surface area contributed by atoms with Gasteiger partial charge in [-0.1, -0.05) is 12.1 Å². The Morgan fingerprint density at radius 1 is 1.56 bits per heavy atom. The van der Waals surface area contributed by atoms with E-state index >= 15 is 0 Å². The zero-order valence-electron chi connectivity index (χ0n) is 9.36. The van der Waals surface area contributed by atoms with Crippen LogP contribution in [-0.4, -0.2) is 24.8 Å². The van der Waals surface area contributed by atoms with E-state index < -0.39 is 0 Å². The summed E-state index contributed by atoms with van der Waals surface area (Å²) in [4.78, 5) is 11.4. The second kappa shape index (κ2) is 4.35. The minimum atomic E-state index is -0.318. The van der Waals surface area contributed by atoms with E-state index in [9.17, 15) is 4.79 Å². The third kappa shape index (κ3) is 2.05. The quantitative estimate of drug-likeness (QED) is 0.766. The van der Waals surface area contributed by atoms with Crippen molar-refractivity contribution >= 4 is 11.7 Å². The van der Waals surface area contributed by atoms with E-state index in [1.807, 2.05) is 18.2 Å². The number of hydrazone groups is 1. The van der Waals surface area contributed by atoms with Gasteiger partial charge in [-0.3, -0.25) is 0 Å². The molecule has 0 radical (unpaired) electrons. The van der Waals surface area contributed by atoms with Crippen LogP contribution in [-0.2, 0) is 4.74 Å². The summed E-state index contributed by atoms with van der Waals surface area (Å²) in [6, 6.07) is 7.70. The van der Waals surface area contributed by atoms with Crippen LogP contribution in [0.15, 0.2) is 29.4 Å². The molecule has 1 aliphatic heterocycles. The van der Waals surface area contributed by atoms with E-state index in [0.717, 1.165) is 17.7 Å². The second-order valence-electron chi connectivity index (χ2n) is 3.87. The van der Waals surface area contributed by atoms with E-state index in [2.05, 4.69) is 22.2 Å². The maximum Gasteiger partial charge on any atom is 0.337 e. The summed E-state index contributed by atoms with van der Waals surface area (Å²) in [6.07, 6.45) is 0.880. The molecule has 0 amide bonds. The van der Waals surface area contributed by atoms with Crippen molar-refractivity contribution in [1.82, 2.24) is 5.43 Å². The van der Waals surface area contributed by atoms with E-state index in [1.54, 1.807) is 6.07 Å². The molecule has 16 heavy (non-hydrogen) atoms. The first-order valence-corrected chi connectivity index (χ1v) is 5.21. The molecular weight excluding hydrogens is 204 g/mol. The fraction of sp³-hybridized carbons (Fsp3) is 0.333. The zero-order chi connectivity index (χ0) is 11.5. The standard InChI is InChI=1S/C12H14N2O2/c1-8-6-11(14-13-8)9-4-3-5-10(7-9)12(15)16-2/h3-5,7-8,13H,6H2,1-2H3. The Balaban J connectivity index is 2.26. The number of carbonyl (C=O) groups excluding carboxylic acids is 1. The normalized spacial score (nSPS) is 18.9. The first-order valence-electron chi connectivity index (χ1n) is 5.21. The van der Waals surface area contributed by atoms with Gasteiger partial charge in [-0.25, -0.2) is 4.79 Å². The van der Waals surface area contributed by atoms with Gasteiger partial charge in [0.05, 0.1) is 18.4 Å². The third-order valence-electron chi connectivity index (χ3n) is 2.54. The number of carbonyl (C=O) groups is 1. The molecule has 1 aliphatic rings. The predicted molar refractivity (Wildman–Crippen MR) is 61.5 cm³/mol. The number of nitrogens with one attached hydrogen (secondary N) is 1. The number of benzene rings is 1. The third-order valence-corrected chi connectivity index (χ3v) is 2.54. The van der Waals surface area contributed by atoms with Crippen LogP contribution in [0.2, 0.25) is 0 Å². The van der Waals surface area contributed by atoms with Crippen LogP contribution in [0.5, 0.6) is 0 Å². The van der Waals surface area contributed by atoms with Gasteiger partial charge in [0.25, 0.3) is 0 Å². The molecule has 2 rings (SSSR count). The van der Waals surface area contributed by atoms with Gasteiger partial charge in [-0.05, 0) is 24.6 Å². The summed E-state index contributed by atoms with van der Waals surface area (Å²) in [5.41, 5.74) is 5.52. The topological polar surface area (TPSA) is 50.7 Å². The highest BCUT2D eigenvalue weighted by Gasteiger charge is 2.16. The summed E-state index contributed by atoms with van der Waals surface area (Å²) < 4.78 is 4.68. The monoisotopic (exact) mass is 218 g/mol. The largest absolute Gasteiger partial charge is 0.465 e. The van der Waals surface area contributed by atoms with Gasteiger partial charge >= 0.3 is 5.97 Å². The molecule has 1 unspecified atom stereocenters. The Hall–Kier alpha value is -1.84. The van der Waals surface area contributed by atoms with Gasteiger partial charge in [-0.2, -0.15) is 5.10 Å². The molecule has 0 aromatic heterocycles. The highest BCUT2D eigenvalue weighted by molar-refractivity contribution is 6.03. The Kier molecular flexibility index (Phi) is 2.90. The molecular formula is C12H14N2O2. The molecule has 1 heterocycles. The summed E-state index contributed by atoms with van der Waals surface area (Å²) in [5, 5.41) is 4.23. The first kappa shape index (κ1) is 10.7. The fourth-order valence-electron chi connectivity index (χ4n) is 1.70. The SMILES string of the molecule is COC(=O)c1cccc(C2=NNC(C)C2)c1. The summed E-state index contributed by atoms with van der Waals surface area (Å²) in [7, 11) is 1.38. The zero-order valence-corrected chi connectivity index (χ0v) is 9.36. The molecule has 4 nitrogen and oxygen atoms in total. The summed E-state index contributed by atoms with van der Waals surface area (Å²) >= 11 is 0. The molecule has 0 aliphatic carbocycles. The summed E-state index contributed by atoms with van der Waals surface area (Å²) in [6.45, 7) is 2.07. The van der Waals surface area contributed by atoms with Crippen molar-refractivity contribution in [3.8, 4) is 0 Å². The number of nitrogens with zero attached hydrogens (tertiary/aromatic N) is 1. The average molecular weight is 218 g/mol. The van der Waals surface area contributed by atoms with Gasteiger partial charge < -0.3 is 10.2 Å². The fourth-order valence-corrected chi connectivity index (χ4v) is 1.70. The minimum absolute atomic E-state index is 0.318. The number of hydrogen-bond donors (Lipinski definition) is 1. The molecule has 0 fully saturated rings. The minimum Gasteiger partial charge on any atom is -0.465 e. The number of hydrogen-bond acceptors (Lipinski definition) is 4. The Bertz CT molecular complexity index is 440. The van der Waals surface area contributed by atoms with Gasteiger partial charge in [0.2, 0.25) is 0 Å². The smallest absolute Gasteiger partial charge is 0.337 e. The second-order valence-corrected chi connectivity index (χ2v) is 3.87. The van der Waals surface area contributed by atoms with Crippen LogP contribution in [0.3, 0.4) is 0 Å². The van der Waals surface area contributed by atoms with Crippen LogP contribution in [0.4, 0.5) is 0 Å². The summed E-state index contributed by atoms with van der Waals surface area (Å²) in [5.74, 6) is -0.318. The van der Waals surface area contributed by atoms with Crippen molar-refractivity contribution in [3.05, 3.63) is 35.4 Å². The predicted octanol–water partition coefficient (Wildman–Crippen LogP) is 1.56. The molecule has 4 heteroatoms. The highest BCUT2D eigenvalue weighted by Crippen LogP contribution is 2.14. The average Bonchev–Trinajstić information content (AvgIpc) is 2.75. The van der Waals surface area contributed by atoms with Crippen LogP contribution < -0.4 is 5.43 Å². The van der Waals surface area contributed by atoms with Crippen molar-refractivity contribution in [2.45, 2.75) is 19.4 Å². The van der Waals surface area contributed by atoms with Gasteiger partial charge in [0, 0.05) is 12.5 Å². The molecule has 1 N–H and O–H groups in total. The maximum absolute atomic E-state index is 11.4. The van der Waals surface area contributed by atoms with Crippen molar-refractivity contribution in [2.75, 3.05) is 7.11 Å². The Morgan fingerprint density at radius 2 is 2.38 bits per heavy atom. The highest BCUT2D eigenvalue weighted by atomic mass is 16.5. The number of methoxy groups -OCH3 is 1. The number of esters is 1. The van der Waals surface area contributed by atoms with Crippen molar-refractivity contribution < 1.29 is 9.53 Å². The molecule has 1 aromatic rings. The molecule has 0 spiro atoms. The molecule has 0 bridgehead atoms. The lowest BCUT2D eigenvalue weighted by Crippen LogP contribution is -2.13. The van der Waals surface area contributed by atoms with E-state index in [4.69, 9.17) is 0 Å². The van der Waals surface area contributed by atoms with E-state index in [-0.39, 0.29) is 5.97 Å². The van der Waals surface area contributed by atoms with E-state index in [0.29, 0.717) is 11.6 Å². The lowest BCUT2D eigenvalue weighted by atomic mass is 10.0. The lowest BCUT2D eigenvalue weighted by molar-refractivity contribution is 0.0600. The van der Waals surface area contributed by atoms with Crippen molar-refractivity contribution in [3.63, 3.8) is 0 Å². The Labute approximate surface area is 94.3 Å². The van der Waals surface area contributed by atoms with Gasteiger partial charge in [-0.15, -0.1) is 0 Å². The molecule has 0 saturated heterocycles.